The molecule has 1 aromatic rings. The van der Waals surface area contributed by atoms with Gasteiger partial charge in [0.05, 0.1) is 5.56 Å². The molecule has 2 nitrogen and oxygen atoms in total. The highest BCUT2D eigenvalue weighted by Gasteiger charge is 1.89. The summed E-state index contributed by atoms with van der Waals surface area (Å²) in [5.74, 6) is 6.23. The van der Waals surface area contributed by atoms with E-state index in [4.69, 9.17) is 16.9 Å². The smallest absolute Gasteiger partial charge is 0.113 e. The molecule has 0 saturated carbocycles. The van der Waals surface area contributed by atoms with Gasteiger partial charge in [-0.3, -0.25) is 0 Å². The average molecular weight is 191 g/mol. The fourth-order valence-corrected chi connectivity index (χ4v) is 0.829. The topological polar surface area (TPSA) is 36.7 Å². The van der Waals surface area contributed by atoms with Gasteiger partial charge in [0.1, 0.15) is 11.8 Å². The van der Waals surface area contributed by atoms with Crippen LogP contribution in [0.4, 0.5) is 0 Å². The summed E-state index contributed by atoms with van der Waals surface area (Å²) in [7, 11) is 0. The summed E-state index contributed by atoms with van der Waals surface area (Å²) in [5.41, 5.74) is 1.21. The number of hydrogen-bond acceptors (Lipinski definition) is 2. The molecule has 64 valence electrons. The van der Waals surface area contributed by atoms with E-state index in [0.29, 0.717) is 23.6 Å². The molecular weight excluding hydrogens is 184 g/mol. The van der Waals surface area contributed by atoms with Crippen molar-refractivity contribution in [1.82, 2.24) is 4.98 Å². The molecule has 0 N–H and O–H groups in total. The number of aromatic nitrogens is 1. The van der Waals surface area contributed by atoms with Crippen molar-refractivity contribution in [3.63, 3.8) is 0 Å². The van der Waals surface area contributed by atoms with Gasteiger partial charge in [-0.05, 0) is 18.1 Å². The molecule has 3 heteroatoms. The zero-order chi connectivity index (χ0) is 9.52. The van der Waals surface area contributed by atoms with Crippen LogP contribution in [0.25, 0.3) is 0 Å². The number of nitrogens with zero attached hydrogens (tertiary/aromatic N) is 2. The SMILES string of the molecule is N#Cc1ccc(C#CCCCl)nc1. The van der Waals surface area contributed by atoms with Gasteiger partial charge in [-0.2, -0.15) is 5.26 Å². The molecule has 1 rings (SSSR count). The van der Waals surface area contributed by atoms with Crippen LogP contribution in [0.5, 0.6) is 0 Å². The van der Waals surface area contributed by atoms with E-state index < -0.39 is 0 Å². The third kappa shape index (κ3) is 3.15. The normalized spacial score (nSPS) is 8.31. The first-order valence-corrected chi connectivity index (χ1v) is 4.31. The monoisotopic (exact) mass is 190 g/mol. The van der Waals surface area contributed by atoms with Crippen molar-refractivity contribution in [3.8, 4) is 17.9 Å². The second-order valence-electron chi connectivity index (χ2n) is 2.28. The molecule has 0 bridgehead atoms. The molecule has 0 fully saturated rings. The van der Waals surface area contributed by atoms with Crippen LogP contribution in [0.2, 0.25) is 0 Å². The summed E-state index contributed by atoms with van der Waals surface area (Å²) in [6, 6.07) is 5.40. The minimum atomic E-state index is 0.531. The van der Waals surface area contributed by atoms with Crippen molar-refractivity contribution < 1.29 is 0 Å². The van der Waals surface area contributed by atoms with Gasteiger partial charge >= 0.3 is 0 Å². The largest absolute Gasteiger partial charge is 0.246 e. The average Bonchev–Trinajstić information content (AvgIpc) is 2.19. The maximum atomic E-state index is 8.50. The first-order chi connectivity index (χ1) is 6.36. The van der Waals surface area contributed by atoms with E-state index in [1.165, 1.54) is 6.20 Å². The van der Waals surface area contributed by atoms with E-state index in [2.05, 4.69) is 16.8 Å². The van der Waals surface area contributed by atoms with Crippen molar-refractivity contribution in [2.24, 2.45) is 0 Å². The quantitative estimate of drug-likeness (QED) is 0.501. The number of halogens is 1. The second-order valence-corrected chi connectivity index (χ2v) is 2.66. The molecule has 0 aromatic carbocycles. The Bertz CT molecular complexity index is 365. The Kier molecular flexibility index (Phi) is 3.82. The van der Waals surface area contributed by atoms with Crippen LogP contribution < -0.4 is 0 Å². The van der Waals surface area contributed by atoms with E-state index in [-0.39, 0.29) is 0 Å². The summed E-state index contributed by atoms with van der Waals surface area (Å²) in [4.78, 5) is 3.98. The van der Waals surface area contributed by atoms with Gasteiger partial charge in [-0.1, -0.05) is 5.92 Å². The van der Waals surface area contributed by atoms with E-state index >= 15 is 0 Å². The molecule has 13 heavy (non-hydrogen) atoms. The summed E-state index contributed by atoms with van der Waals surface area (Å²) < 4.78 is 0. The van der Waals surface area contributed by atoms with Crippen LogP contribution in [0.1, 0.15) is 17.7 Å². The summed E-state index contributed by atoms with van der Waals surface area (Å²) in [5, 5.41) is 8.50. The zero-order valence-corrected chi connectivity index (χ0v) is 7.67. The predicted molar refractivity (Wildman–Crippen MR) is 51.2 cm³/mol. The highest BCUT2D eigenvalue weighted by molar-refractivity contribution is 6.18. The first-order valence-electron chi connectivity index (χ1n) is 3.78. The molecule has 0 amide bonds. The summed E-state index contributed by atoms with van der Waals surface area (Å²) in [6.45, 7) is 0. The first kappa shape index (κ1) is 9.58. The maximum Gasteiger partial charge on any atom is 0.113 e. The third-order valence-corrected chi connectivity index (χ3v) is 1.52. The Morgan fingerprint density at radius 1 is 1.46 bits per heavy atom. The van der Waals surface area contributed by atoms with Gasteiger partial charge in [0.2, 0.25) is 0 Å². The Hall–Kier alpha value is -1.51. The lowest BCUT2D eigenvalue weighted by Gasteiger charge is -1.88. The lowest BCUT2D eigenvalue weighted by molar-refractivity contribution is 1.25. The number of rotatable bonds is 1. The Balaban J connectivity index is 2.72. The van der Waals surface area contributed by atoms with Crippen LogP contribution in [0.15, 0.2) is 18.3 Å². The molecule has 0 aliphatic rings. The fraction of sp³-hybridized carbons (Fsp3) is 0.200. The Labute approximate surface area is 82.2 Å². The lowest BCUT2D eigenvalue weighted by atomic mass is 10.2. The van der Waals surface area contributed by atoms with Gasteiger partial charge in [0.25, 0.3) is 0 Å². The van der Waals surface area contributed by atoms with Crippen LogP contribution >= 0.6 is 11.6 Å². The van der Waals surface area contributed by atoms with Gasteiger partial charge in [-0.25, -0.2) is 4.98 Å². The predicted octanol–water partition coefficient (Wildman–Crippen LogP) is 1.93. The molecule has 0 radical (unpaired) electrons. The van der Waals surface area contributed by atoms with Gasteiger partial charge in [0, 0.05) is 18.5 Å². The molecule has 0 saturated heterocycles. The van der Waals surface area contributed by atoms with Crippen molar-refractivity contribution in [2.75, 3.05) is 5.88 Å². The zero-order valence-electron chi connectivity index (χ0n) is 6.92. The highest BCUT2D eigenvalue weighted by atomic mass is 35.5. The lowest BCUT2D eigenvalue weighted by Crippen LogP contribution is -1.83. The molecule has 0 spiro atoms. The van der Waals surface area contributed by atoms with Crippen LogP contribution in [0, 0.1) is 23.2 Å². The van der Waals surface area contributed by atoms with Crippen LogP contribution in [-0.4, -0.2) is 10.9 Å². The summed E-state index contributed by atoms with van der Waals surface area (Å²) in [6.07, 6.45) is 2.16. The second kappa shape index (κ2) is 5.19. The minimum absolute atomic E-state index is 0.531. The molecule has 0 unspecified atom stereocenters. The molecule has 0 aliphatic heterocycles. The molecule has 1 aromatic heterocycles. The number of nitriles is 1. The maximum absolute atomic E-state index is 8.50. The summed E-state index contributed by atoms with van der Waals surface area (Å²) >= 11 is 5.45. The molecule has 0 aliphatic carbocycles. The number of alkyl halides is 1. The standard InChI is InChI=1S/C10H7ClN2/c11-6-2-1-3-10-5-4-9(7-12)8-13-10/h4-5,8H,2,6H2. The van der Waals surface area contributed by atoms with E-state index in [1.54, 1.807) is 12.1 Å². The number of pyridine rings is 1. The molecule has 0 atom stereocenters. The van der Waals surface area contributed by atoms with E-state index in [9.17, 15) is 0 Å². The molecular formula is C10H7ClN2. The fourth-order valence-electron chi connectivity index (χ4n) is 0.734. The molecule has 1 heterocycles. The Morgan fingerprint density at radius 2 is 2.31 bits per heavy atom. The van der Waals surface area contributed by atoms with E-state index in [0.717, 1.165) is 0 Å². The van der Waals surface area contributed by atoms with Crippen molar-refractivity contribution in [3.05, 3.63) is 29.6 Å². The number of hydrogen-bond donors (Lipinski definition) is 0. The third-order valence-electron chi connectivity index (χ3n) is 1.33. The van der Waals surface area contributed by atoms with Gasteiger partial charge < -0.3 is 0 Å². The van der Waals surface area contributed by atoms with Crippen LogP contribution in [-0.2, 0) is 0 Å². The van der Waals surface area contributed by atoms with Crippen molar-refractivity contribution in [2.45, 2.75) is 6.42 Å². The van der Waals surface area contributed by atoms with E-state index in [1.807, 2.05) is 6.07 Å². The van der Waals surface area contributed by atoms with Crippen molar-refractivity contribution in [1.29, 1.82) is 5.26 Å². The van der Waals surface area contributed by atoms with Gasteiger partial charge in [0.15, 0.2) is 0 Å². The minimum Gasteiger partial charge on any atom is -0.246 e. The highest BCUT2D eigenvalue weighted by Crippen LogP contribution is 1.96. The van der Waals surface area contributed by atoms with Crippen molar-refractivity contribution >= 4 is 11.6 Å². The van der Waals surface area contributed by atoms with Crippen LogP contribution in [0.3, 0.4) is 0 Å². The Morgan fingerprint density at radius 3 is 2.85 bits per heavy atom. The van der Waals surface area contributed by atoms with Gasteiger partial charge in [-0.15, -0.1) is 11.6 Å².